The summed E-state index contributed by atoms with van der Waals surface area (Å²) in [5.41, 5.74) is -0.552. The number of amides is 2. The second-order valence-corrected chi connectivity index (χ2v) is 4.84. The Labute approximate surface area is 97.1 Å². The fraction of sp³-hybridized carbons (Fsp3) is 0.818. The number of hydrogen-bond acceptors (Lipinski definition) is 3. The van der Waals surface area contributed by atoms with Crippen molar-refractivity contribution in [3.63, 3.8) is 0 Å². The number of alkyl carbamates (subject to hydrolysis) is 1. The van der Waals surface area contributed by atoms with Crippen molar-refractivity contribution < 1.29 is 14.3 Å². The van der Waals surface area contributed by atoms with Gasteiger partial charge in [0.25, 0.3) is 0 Å². The molecule has 1 N–H and O–H groups in total. The molecule has 0 heterocycles. The van der Waals surface area contributed by atoms with Gasteiger partial charge in [0.05, 0.1) is 0 Å². The van der Waals surface area contributed by atoms with Gasteiger partial charge in [-0.2, -0.15) is 0 Å². The minimum atomic E-state index is -0.561. The van der Waals surface area contributed by atoms with E-state index < -0.39 is 17.7 Å². The maximum Gasteiger partial charge on any atom is 0.408 e. The monoisotopic (exact) mass is 230 g/mol. The summed E-state index contributed by atoms with van der Waals surface area (Å²) in [6.07, 6.45) is -0.0226. The molecule has 2 amide bonds. The molecule has 0 aromatic rings. The average molecular weight is 230 g/mol. The van der Waals surface area contributed by atoms with Crippen molar-refractivity contribution in [1.82, 2.24) is 10.2 Å². The third-order valence-corrected chi connectivity index (χ3v) is 1.84. The van der Waals surface area contributed by atoms with E-state index in [2.05, 4.69) is 5.32 Å². The zero-order chi connectivity index (χ0) is 12.9. The Morgan fingerprint density at radius 2 is 1.81 bits per heavy atom. The summed E-state index contributed by atoms with van der Waals surface area (Å²) >= 11 is 0. The number of rotatable bonds is 3. The standard InChI is InChI=1S/C11H22N2O3/c1-7-8(9(14)13(5)6)12-10(15)16-11(2,3)4/h8H,7H2,1-6H3,(H,12,15). The number of hydrogen-bond donors (Lipinski definition) is 1. The van der Waals surface area contributed by atoms with Gasteiger partial charge in [-0.3, -0.25) is 4.79 Å². The number of nitrogens with zero attached hydrogens (tertiary/aromatic N) is 1. The molecule has 5 nitrogen and oxygen atoms in total. The average Bonchev–Trinajstić information content (AvgIpc) is 2.09. The highest BCUT2D eigenvalue weighted by Gasteiger charge is 2.23. The molecule has 1 unspecified atom stereocenters. The van der Waals surface area contributed by atoms with Crippen LogP contribution in [-0.4, -0.2) is 42.6 Å². The summed E-state index contributed by atoms with van der Waals surface area (Å²) in [5, 5.41) is 2.55. The lowest BCUT2D eigenvalue weighted by Crippen LogP contribution is -2.47. The Hall–Kier alpha value is -1.26. The summed E-state index contributed by atoms with van der Waals surface area (Å²) in [6, 6.07) is -0.523. The highest BCUT2D eigenvalue weighted by Crippen LogP contribution is 2.07. The summed E-state index contributed by atoms with van der Waals surface area (Å²) in [6.45, 7) is 7.17. The molecule has 5 heteroatoms. The molecule has 94 valence electrons. The number of nitrogens with one attached hydrogen (secondary N) is 1. The molecular weight excluding hydrogens is 208 g/mol. The molecule has 0 radical (unpaired) electrons. The molecule has 0 fully saturated rings. The lowest BCUT2D eigenvalue weighted by Gasteiger charge is -2.24. The lowest BCUT2D eigenvalue weighted by molar-refractivity contribution is -0.131. The molecule has 0 aromatic heterocycles. The van der Waals surface area contributed by atoms with Gasteiger partial charge in [-0.05, 0) is 27.2 Å². The van der Waals surface area contributed by atoms with Crippen LogP contribution in [0.1, 0.15) is 34.1 Å². The van der Waals surface area contributed by atoms with Crippen LogP contribution in [0.25, 0.3) is 0 Å². The fourth-order valence-corrected chi connectivity index (χ4v) is 1.10. The van der Waals surface area contributed by atoms with Gasteiger partial charge in [0.2, 0.25) is 5.91 Å². The number of ether oxygens (including phenoxy) is 1. The maximum atomic E-state index is 11.6. The molecule has 0 rings (SSSR count). The van der Waals surface area contributed by atoms with Crippen molar-refractivity contribution >= 4 is 12.0 Å². The highest BCUT2D eigenvalue weighted by atomic mass is 16.6. The predicted molar refractivity (Wildman–Crippen MR) is 62.1 cm³/mol. The Kier molecular flexibility index (Phi) is 5.27. The molecule has 1 atom stereocenters. The van der Waals surface area contributed by atoms with Gasteiger partial charge in [-0.25, -0.2) is 4.79 Å². The van der Waals surface area contributed by atoms with E-state index in [9.17, 15) is 9.59 Å². The lowest BCUT2D eigenvalue weighted by atomic mass is 10.2. The highest BCUT2D eigenvalue weighted by molar-refractivity contribution is 5.85. The summed E-state index contributed by atoms with van der Waals surface area (Å²) in [4.78, 5) is 24.5. The molecule has 0 aromatic carbocycles. The molecule has 0 saturated carbocycles. The minimum Gasteiger partial charge on any atom is -0.444 e. The first kappa shape index (κ1) is 14.7. The van der Waals surface area contributed by atoms with Crippen LogP contribution in [0.2, 0.25) is 0 Å². The first-order valence-corrected chi connectivity index (χ1v) is 5.38. The zero-order valence-corrected chi connectivity index (χ0v) is 11.0. The predicted octanol–water partition coefficient (Wildman–Crippen LogP) is 1.38. The maximum absolute atomic E-state index is 11.6. The first-order chi connectivity index (χ1) is 7.17. The number of carbonyl (C=O) groups is 2. The van der Waals surface area contributed by atoms with Crippen LogP contribution in [0.3, 0.4) is 0 Å². The quantitative estimate of drug-likeness (QED) is 0.796. The van der Waals surface area contributed by atoms with Crippen molar-refractivity contribution in [2.75, 3.05) is 14.1 Å². The van der Waals surface area contributed by atoms with Crippen molar-refractivity contribution in [1.29, 1.82) is 0 Å². The molecule has 0 saturated heterocycles. The smallest absolute Gasteiger partial charge is 0.408 e. The molecule has 0 spiro atoms. The second kappa shape index (κ2) is 5.72. The molecule has 0 bridgehead atoms. The first-order valence-electron chi connectivity index (χ1n) is 5.38. The Balaban J connectivity index is 4.34. The van der Waals surface area contributed by atoms with Crippen LogP contribution in [0.5, 0.6) is 0 Å². The van der Waals surface area contributed by atoms with Crippen molar-refractivity contribution in [3.8, 4) is 0 Å². The van der Waals surface area contributed by atoms with Crippen LogP contribution in [0.15, 0.2) is 0 Å². The van der Waals surface area contributed by atoms with Gasteiger partial charge in [-0.15, -0.1) is 0 Å². The van der Waals surface area contributed by atoms with E-state index in [0.717, 1.165) is 0 Å². The van der Waals surface area contributed by atoms with E-state index in [0.29, 0.717) is 6.42 Å². The van der Waals surface area contributed by atoms with Crippen molar-refractivity contribution in [2.45, 2.75) is 45.8 Å². The van der Waals surface area contributed by atoms with E-state index in [4.69, 9.17) is 4.74 Å². The van der Waals surface area contributed by atoms with Gasteiger partial charge in [0.15, 0.2) is 0 Å². The SMILES string of the molecule is CCC(NC(=O)OC(C)(C)C)C(=O)N(C)C. The molecule has 0 aliphatic heterocycles. The van der Waals surface area contributed by atoms with E-state index in [1.807, 2.05) is 6.92 Å². The molecular formula is C11H22N2O3. The zero-order valence-electron chi connectivity index (χ0n) is 11.0. The van der Waals surface area contributed by atoms with Crippen LogP contribution >= 0.6 is 0 Å². The summed E-state index contributed by atoms with van der Waals surface area (Å²) in [7, 11) is 3.31. The Bertz CT molecular complexity index is 256. The van der Waals surface area contributed by atoms with Gasteiger partial charge in [-0.1, -0.05) is 6.92 Å². The Morgan fingerprint density at radius 3 is 2.12 bits per heavy atom. The molecule has 0 aliphatic rings. The number of likely N-dealkylation sites (N-methyl/N-ethyl adjacent to an activating group) is 1. The van der Waals surface area contributed by atoms with Gasteiger partial charge in [0, 0.05) is 14.1 Å². The molecule has 0 aliphatic carbocycles. The van der Waals surface area contributed by atoms with Gasteiger partial charge < -0.3 is 15.0 Å². The largest absolute Gasteiger partial charge is 0.444 e. The van der Waals surface area contributed by atoms with Crippen molar-refractivity contribution in [3.05, 3.63) is 0 Å². The van der Waals surface area contributed by atoms with Crippen LogP contribution in [-0.2, 0) is 9.53 Å². The normalized spacial score (nSPS) is 12.9. The van der Waals surface area contributed by atoms with Gasteiger partial charge in [0.1, 0.15) is 11.6 Å². The topological polar surface area (TPSA) is 58.6 Å². The van der Waals surface area contributed by atoms with Crippen LogP contribution < -0.4 is 5.32 Å². The molecule has 16 heavy (non-hydrogen) atoms. The second-order valence-electron chi connectivity index (χ2n) is 4.84. The van der Waals surface area contributed by atoms with E-state index in [-0.39, 0.29) is 5.91 Å². The Morgan fingerprint density at radius 1 is 1.31 bits per heavy atom. The third kappa shape index (κ3) is 5.58. The van der Waals surface area contributed by atoms with E-state index in [1.54, 1.807) is 34.9 Å². The van der Waals surface area contributed by atoms with Gasteiger partial charge >= 0.3 is 6.09 Å². The van der Waals surface area contributed by atoms with E-state index >= 15 is 0 Å². The van der Waals surface area contributed by atoms with Crippen molar-refractivity contribution in [2.24, 2.45) is 0 Å². The summed E-state index contributed by atoms with van der Waals surface area (Å²) in [5.74, 6) is -0.131. The third-order valence-electron chi connectivity index (χ3n) is 1.84. The van der Waals surface area contributed by atoms with Crippen LogP contribution in [0, 0.1) is 0 Å². The fourth-order valence-electron chi connectivity index (χ4n) is 1.10. The number of carbonyl (C=O) groups excluding carboxylic acids is 2. The van der Waals surface area contributed by atoms with Crippen LogP contribution in [0.4, 0.5) is 4.79 Å². The van der Waals surface area contributed by atoms with E-state index in [1.165, 1.54) is 4.90 Å². The summed E-state index contributed by atoms with van der Waals surface area (Å²) < 4.78 is 5.08. The minimum absolute atomic E-state index is 0.131.